The van der Waals surface area contributed by atoms with Crippen molar-refractivity contribution >= 4 is 81.2 Å². The minimum atomic E-state index is -1.49. The van der Waals surface area contributed by atoms with Crippen molar-refractivity contribution in [2.75, 3.05) is 0 Å². The Bertz CT molecular complexity index is 138. The van der Waals surface area contributed by atoms with Gasteiger partial charge in [-0.25, -0.2) is 0 Å². The number of halogens is 7. The molecule has 1 unspecified atom stereocenters. The molecule has 0 aliphatic carbocycles. The molecule has 0 spiro atoms. The molecule has 0 aliphatic rings. The first-order valence-corrected chi connectivity index (χ1v) is 6.26. The number of rotatable bonds is 4. The Morgan fingerprint density at radius 3 is 1.54 bits per heavy atom. The van der Waals surface area contributed by atoms with Gasteiger partial charge in [-0.05, 0) is 12.8 Å². The van der Waals surface area contributed by atoms with Gasteiger partial charge in [0, 0.05) is 5.92 Å². The third-order valence-electron chi connectivity index (χ3n) is 1.42. The molecule has 13 heavy (non-hydrogen) atoms. The third-order valence-corrected chi connectivity index (χ3v) is 3.31. The van der Waals surface area contributed by atoms with E-state index in [9.17, 15) is 0 Å². The molecule has 0 aliphatic heterocycles. The molecule has 0 amide bonds. The van der Waals surface area contributed by atoms with E-state index in [1.807, 2.05) is 0 Å². The second-order valence-corrected chi connectivity index (χ2v) is 7.26. The van der Waals surface area contributed by atoms with E-state index in [0.717, 1.165) is 0 Å². The van der Waals surface area contributed by atoms with E-state index < -0.39 is 19.4 Å². The summed E-state index contributed by atoms with van der Waals surface area (Å²) in [6.07, 6.45) is 0.948. The van der Waals surface area contributed by atoms with Crippen molar-refractivity contribution in [3.63, 3.8) is 0 Å². The van der Waals surface area contributed by atoms with E-state index >= 15 is 0 Å². The number of alkyl halides is 7. The van der Waals surface area contributed by atoms with E-state index in [-0.39, 0.29) is 0 Å². The molecule has 7 heteroatoms. The minimum Gasteiger partial charge on any atom is -0.105 e. The van der Waals surface area contributed by atoms with Gasteiger partial charge in [-0.1, -0.05) is 34.8 Å². The fraction of sp³-hybridized carbons (Fsp3) is 1.00. The Hall–Kier alpha value is 2.03. The van der Waals surface area contributed by atoms with Crippen molar-refractivity contribution in [3.05, 3.63) is 0 Å². The molecule has 0 fully saturated rings. The van der Waals surface area contributed by atoms with Gasteiger partial charge in [0.2, 0.25) is 0 Å². The molecule has 0 aromatic carbocycles. The summed E-state index contributed by atoms with van der Waals surface area (Å²) >= 11 is 39.3. The average molecular weight is 327 g/mol. The Balaban J connectivity index is 4.12. The van der Waals surface area contributed by atoms with Crippen LogP contribution in [0.25, 0.3) is 0 Å². The van der Waals surface area contributed by atoms with Crippen LogP contribution in [0.1, 0.15) is 12.8 Å². The van der Waals surface area contributed by atoms with Crippen LogP contribution in [-0.4, -0.2) is 13.5 Å². The smallest absolute Gasteiger partial charge is 0.105 e. The van der Waals surface area contributed by atoms with Crippen LogP contribution in [0.15, 0.2) is 0 Å². The predicted molar refractivity (Wildman–Crippen MR) is 64.0 cm³/mol. The van der Waals surface area contributed by atoms with E-state index in [0.29, 0.717) is 12.8 Å². The quantitative estimate of drug-likeness (QED) is 0.610. The molecule has 0 N–H and O–H groups in total. The van der Waals surface area contributed by atoms with Crippen LogP contribution in [0.5, 0.6) is 0 Å². The molecule has 0 saturated carbocycles. The summed E-state index contributed by atoms with van der Waals surface area (Å²) in [5, 5.41) is 0. The van der Waals surface area contributed by atoms with Crippen molar-refractivity contribution in [1.82, 2.24) is 0 Å². The summed E-state index contributed by atoms with van der Waals surface area (Å²) in [5.74, 6) is -0.471. The molecule has 0 aromatic heterocycles. The molecular formula is C6H7Cl7. The lowest BCUT2D eigenvalue weighted by Crippen LogP contribution is -2.25. The van der Waals surface area contributed by atoms with Crippen LogP contribution < -0.4 is 0 Å². The zero-order chi connectivity index (χ0) is 10.6. The highest BCUT2D eigenvalue weighted by Crippen LogP contribution is 2.42. The Kier molecular flexibility index (Phi) is 7.60. The summed E-state index contributed by atoms with van der Waals surface area (Å²) in [6.45, 7) is 0. The number of hydrogen-bond acceptors (Lipinski definition) is 0. The van der Waals surface area contributed by atoms with Crippen LogP contribution in [0.4, 0.5) is 0 Å². The molecule has 0 nitrogen and oxygen atoms in total. The standard InChI is InChI=1S/C6H7Cl7/c7-4(8)2-1-3(5(9)10)6(11,12)13/h3-5H,1-2H2. The Morgan fingerprint density at radius 2 is 1.31 bits per heavy atom. The maximum absolute atomic E-state index is 5.65. The largest absolute Gasteiger partial charge is 0.195 e. The first-order valence-electron chi connectivity index (χ1n) is 3.38. The lowest BCUT2D eigenvalue weighted by molar-refractivity contribution is 0.516. The van der Waals surface area contributed by atoms with Crippen LogP contribution in [0, 0.1) is 5.92 Å². The summed E-state index contributed by atoms with van der Waals surface area (Å²) < 4.78 is -1.49. The second-order valence-electron chi connectivity index (χ2n) is 2.45. The first-order chi connectivity index (χ1) is 5.75. The van der Waals surface area contributed by atoms with Crippen LogP contribution >= 0.6 is 81.2 Å². The van der Waals surface area contributed by atoms with Gasteiger partial charge in [0.15, 0.2) is 3.79 Å². The molecule has 0 bridgehead atoms. The third kappa shape index (κ3) is 7.00. The molecular weight excluding hydrogens is 320 g/mol. The summed E-state index contributed by atoms with van der Waals surface area (Å²) in [5.41, 5.74) is 0. The minimum absolute atomic E-state index is 0.464. The van der Waals surface area contributed by atoms with Crippen LogP contribution in [-0.2, 0) is 0 Å². The molecule has 0 radical (unpaired) electrons. The lowest BCUT2D eigenvalue weighted by atomic mass is 10.1. The fourth-order valence-electron chi connectivity index (χ4n) is 0.738. The van der Waals surface area contributed by atoms with E-state index in [4.69, 9.17) is 81.2 Å². The van der Waals surface area contributed by atoms with Gasteiger partial charge in [0.25, 0.3) is 0 Å². The van der Waals surface area contributed by atoms with Gasteiger partial charge in [-0.3, -0.25) is 0 Å². The molecule has 1 atom stereocenters. The maximum atomic E-state index is 5.65. The van der Waals surface area contributed by atoms with Crippen molar-refractivity contribution in [2.24, 2.45) is 5.92 Å². The van der Waals surface area contributed by atoms with Crippen LogP contribution in [0.3, 0.4) is 0 Å². The molecule has 0 saturated heterocycles. The summed E-state index contributed by atoms with van der Waals surface area (Å²) in [4.78, 5) is -1.25. The van der Waals surface area contributed by atoms with Gasteiger partial charge in [-0.15, -0.1) is 46.4 Å². The van der Waals surface area contributed by atoms with Crippen molar-refractivity contribution in [3.8, 4) is 0 Å². The van der Waals surface area contributed by atoms with E-state index in [1.165, 1.54) is 0 Å². The highest BCUT2D eigenvalue weighted by Gasteiger charge is 2.36. The monoisotopic (exact) mass is 324 g/mol. The predicted octanol–water partition coefficient (Wildman–Crippen LogP) is 5.36. The summed E-state index contributed by atoms with van der Waals surface area (Å²) in [6, 6.07) is 0. The van der Waals surface area contributed by atoms with Crippen molar-refractivity contribution in [2.45, 2.75) is 26.3 Å². The molecule has 0 heterocycles. The topological polar surface area (TPSA) is 0 Å². The summed E-state index contributed by atoms with van der Waals surface area (Å²) in [7, 11) is 0. The SMILES string of the molecule is ClC(Cl)CCC(C(Cl)Cl)C(Cl)(Cl)Cl. The molecule has 80 valence electrons. The highest BCUT2D eigenvalue weighted by atomic mass is 35.6. The maximum Gasteiger partial charge on any atom is 0.195 e. The fourth-order valence-corrected chi connectivity index (χ4v) is 2.71. The van der Waals surface area contributed by atoms with Gasteiger partial charge in [0.05, 0.1) is 0 Å². The zero-order valence-electron chi connectivity index (χ0n) is 6.29. The number of hydrogen-bond donors (Lipinski definition) is 0. The zero-order valence-corrected chi connectivity index (χ0v) is 11.6. The molecule has 0 rings (SSSR count). The first kappa shape index (κ1) is 15.0. The second kappa shape index (κ2) is 6.58. The van der Waals surface area contributed by atoms with E-state index in [2.05, 4.69) is 0 Å². The highest BCUT2D eigenvalue weighted by molar-refractivity contribution is 6.68. The van der Waals surface area contributed by atoms with Crippen molar-refractivity contribution in [1.29, 1.82) is 0 Å². The molecule has 0 aromatic rings. The average Bonchev–Trinajstić information content (AvgIpc) is 1.81. The van der Waals surface area contributed by atoms with Gasteiger partial charge in [-0.2, -0.15) is 0 Å². The van der Waals surface area contributed by atoms with Crippen molar-refractivity contribution < 1.29 is 0 Å². The van der Waals surface area contributed by atoms with E-state index in [1.54, 1.807) is 0 Å². The Morgan fingerprint density at radius 1 is 0.846 bits per heavy atom. The normalized spacial score (nSPS) is 15.5. The lowest BCUT2D eigenvalue weighted by Gasteiger charge is -2.25. The Labute approximate surface area is 113 Å². The van der Waals surface area contributed by atoms with Crippen LogP contribution in [0.2, 0.25) is 0 Å². The van der Waals surface area contributed by atoms with Gasteiger partial charge < -0.3 is 0 Å². The van der Waals surface area contributed by atoms with Gasteiger partial charge in [0.1, 0.15) is 9.67 Å². The van der Waals surface area contributed by atoms with Gasteiger partial charge >= 0.3 is 0 Å².